The van der Waals surface area contributed by atoms with Gasteiger partial charge in [0.1, 0.15) is 11.4 Å². The van der Waals surface area contributed by atoms with Gasteiger partial charge in [-0.2, -0.15) is 0 Å². The number of benzene rings is 1. The molecule has 0 spiro atoms. The number of amides is 1. The molecule has 0 aliphatic heterocycles. The number of rotatable bonds is 8. The molecule has 148 valence electrons. The highest BCUT2D eigenvalue weighted by Crippen LogP contribution is 2.30. The summed E-state index contributed by atoms with van der Waals surface area (Å²) in [6, 6.07) is 7.09. The van der Waals surface area contributed by atoms with E-state index in [9.17, 15) is 4.79 Å². The summed E-state index contributed by atoms with van der Waals surface area (Å²) >= 11 is 3.05. The van der Waals surface area contributed by atoms with Gasteiger partial charge in [-0.25, -0.2) is 0 Å². The van der Waals surface area contributed by atoms with Gasteiger partial charge >= 0.3 is 0 Å². The van der Waals surface area contributed by atoms with Crippen LogP contribution in [0.1, 0.15) is 51.9 Å². The van der Waals surface area contributed by atoms with Crippen LogP contribution in [0.5, 0.6) is 5.75 Å². The molecule has 1 amide bonds. The lowest BCUT2D eigenvalue weighted by molar-refractivity contribution is 0.102. The van der Waals surface area contributed by atoms with Crippen LogP contribution >= 0.6 is 23.1 Å². The summed E-state index contributed by atoms with van der Waals surface area (Å²) in [5, 5.41) is 11.9. The van der Waals surface area contributed by atoms with Gasteiger partial charge in [0.25, 0.3) is 5.91 Å². The molecule has 8 heteroatoms. The molecule has 1 atom stereocenters. The van der Waals surface area contributed by atoms with E-state index in [-0.39, 0.29) is 11.5 Å². The molecule has 1 N–H and O–H groups in total. The van der Waals surface area contributed by atoms with Crippen molar-refractivity contribution in [2.24, 2.45) is 0 Å². The minimum absolute atomic E-state index is 0.207. The second kappa shape index (κ2) is 9.52. The Morgan fingerprint density at radius 3 is 2.41 bits per heavy atom. The van der Waals surface area contributed by atoms with E-state index in [1.54, 1.807) is 36.0 Å². The lowest BCUT2D eigenvalue weighted by atomic mass is 10.1. The summed E-state index contributed by atoms with van der Waals surface area (Å²) in [6.45, 7) is 14.4. The van der Waals surface area contributed by atoms with Crippen LogP contribution in [0.25, 0.3) is 0 Å². The predicted molar refractivity (Wildman–Crippen MR) is 113 cm³/mol. The molecule has 2 rings (SSSR count). The van der Waals surface area contributed by atoms with Crippen molar-refractivity contribution in [2.75, 3.05) is 18.4 Å². The first kappa shape index (κ1) is 21.7. The number of carbonyl (C=O) groups excluding carboxylic acids is 1. The second-order valence-corrected chi connectivity index (χ2v) is 9.54. The molecule has 0 fully saturated rings. The van der Waals surface area contributed by atoms with Gasteiger partial charge in [0.15, 0.2) is 4.34 Å². The average Bonchev–Trinajstić information content (AvgIpc) is 3.02. The third kappa shape index (κ3) is 6.79. The fourth-order valence-corrected chi connectivity index (χ4v) is 4.61. The van der Waals surface area contributed by atoms with E-state index in [1.165, 1.54) is 11.3 Å². The van der Waals surface area contributed by atoms with E-state index in [0.29, 0.717) is 16.1 Å². The number of nitrogens with one attached hydrogen (secondary N) is 1. The van der Waals surface area contributed by atoms with Gasteiger partial charge in [-0.15, -0.1) is 10.2 Å². The topological polar surface area (TPSA) is 67.4 Å². The van der Waals surface area contributed by atoms with Crippen molar-refractivity contribution in [1.29, 1.82) is 0 Å². The Morgan fingerprint density at radius 2 is 1.85 bits per heavy atom. The van der Waals surface area contributed by atoms with Crippen LogP contribution in [-0.2, 0) is 0 Å². The fourth-order valence-electron chi connectivity index (χ4n) is 2.46. The minimum Gasteiger partial charge on any atom is -0.488 e. The molecule has 1 heterocycles. The van der Waals surface area contributed by atoms with Crippen molar-refractivity contribution >= 4 is 34.1 Å². The van der Waals surface area contributed by atoms with E-state index in [2.05, 4.69) is 41.2 Å². The van der Waals surface area contributed by atoms with E-state index < -0.39 is 0 Å². The summed E-state index contributed by atoms with van der Waals surface area (Å²) in [5.41, 5.74) is 0.282. The molecule has 0 aliphatic rings. The molecule has 2 aromatic rings. The number of hydrogen-bond acceptors (Lipinski definition) is 7. The van der Waals surface area contributed by atoms with Gasteiger partial charge in [-0.05, 0) is 65.0 Å². The number of aromatic nitrogens is 2. The Balaban J connectivity index is 1.95. The maximum atomic E-state index is 12.4. The summed E-state index contributed by atoms with van der Waals surface area (Å²) in [4.78, 5) is 14.8. The van der Waals surface area contributed by atoms with Crippen molar-refractivity contribution in [3.8, 4) is 5.75 Å². The zero-order chi connectivity index (χ0) is 20.0. The molecular formula is C19H28N4O2S2. The quantitative estimate of drug-likeness (QED) is 0.386. The molecule has 27 heavy (non-hydrogen) atoms. The second-order valence-electron chi connectivity index (χ2n) is 7.00. The highest BCUT2D eigenvalue weighted by atomic mass is 32.2. The maximum absolute atomic E-state index is 12.4. The normalized spacial score (nSPS) is 12.9. The molecule has 0 saturated carbocycles. The predicted octanol–water partition coefficient (Wildman–Crippen LogP) is 4.75. The molecule has 1 aromatic heterocycles. The van der Waals surface area contributed by atoms with E-state index in [4.69, 9.17) is 4.74 Å². The Bertz CT molecular complexity index is 737. The number of anilines is 1. The number of carbonyl (C=O) groups is 1. The number of thioether (sulfide) groups is 1. The molecular weight excluding hydrogens is 380 g/mol. The highest BCUT2D eigenvalue weighted by Gasteiger charge is 2.16. The van der Waals surface area contributed by atoms with Crippen LogP contribution in [-0.4, -0.2) is 45.1 Å². The summed E-state index contributed by atoms with van der Waals surface area (Å²) < 4.78 is 6.62. The van der Waals surface area contributed by atoms with Gasteiger partial charge in [-0.1, -0.05) is 36.9 Å². The average molecular weight is 409 g/mol. The Hall–Kier alpha value is -1.64. The summed E-state index contributed by atoms with van der Waals surface area (Å²) in [7, 11) is 0. The van der Waals surface area contributed by atoms with Gasteiger partial charge in [0.2, 0.25) is 5.13 Å². The van der Waals surface area contributed by atoms with E-state index >= 15 is 0 Å². The third-order valence-electron chi connectivity index (χ3n) is 3.77. The molecule has 0 radical (unpaired) electrons. The van der Waals surface area contributed by atoms with Crippen molar-refractivity contribution < 1.29 is 9.53 Å². The van der Waals surface area contributed by atoms with Crippen molar-refractivity contribution in [2.45, 2.75) is 56.9 Å². The van der Waals surface area contributed by atoms with Crippen LogP contribution in [0.4, 0.5) is 5.13 Å². The molecule has 1 aromatic carbocycles. The lowest BCUT2D eigenvalue weighted by Gasteiger charge is -2.24. The standard InChI is InChI=1S/C19H28N4O2S2/c1-7-23(8-2)13(3)26-18-22-21-17(27-18)20-16(24)14-9-11-15(12-10-14)25-19(4,5)6/h9-13H,7-8H2,1-6H3,(H,20,21,24). The Labute approximate surface area is 169 Å². The minimum atomic E-state index is -0.271. The van der Waals surface area contributed by atoms with E-state index in [0.717, 1.165) is 23.2 Å². The fraction of sp³-hybridized carbons (Fsp3) is 0.526. The SMILES string of the molecule is CCN(CC)C(C)Sc1nnc(NC(=O)c2ccc(OC(C)(C)C)cc2)s1. The molecule has 6 nitrogen and oxygen atoms in total. The zero-order valence-corrected chi connectivity index (χ0v) is 18.4. The third-order valence-corrected chi connectivity index (χ3v) is 5.86. The smallest absolute Gasteiger partial charge is 0.257 e. The lowest BCUT2D eigenvalue weighted by Crippen LogP contribution is -2.30. The zero-order valence-electron chi connectivity index (χ0n) is 16.8. The van der Waals surface area contributed by atoms with E-state index in [1.807, 2.05) is 20.8 Å². The Kier molecular flexibility index (Phi) is 7.64. The van der Waals surface area contributed by atoms with Crippen LogP contribution in [0.2, 0.25) is 0 Å². The molecule has 0 aliphatic carbocycles. The van der Waals surface area contributed by atoms with Crippen LogP contribution < -0.4 is 10.1 Å². The summed E-state index contributed by atoms with van der Waals surface area (Å²) in [5.74, 6) is 0.529. The van der Waals surface area contributed by atoms with Gasteiger partial charge < -0.3 is 4.74 Å². The maximum Gasteiger partial charge on any atom is 0.257 e. The first-order valence-corrected chi connectivity index (χ1v) is 10.8. The number of hydrogen-bond donors (Lipinski definition) is 1. The van der Waals surface area contributed by atoms with Crippen LogP contribution in [0.3, 0.4) is 0 Å². The first-order valence-electron chi connectivity index (χ1n) is 9.06. The Morgan fingerprint density at radius 1 is 1.22 bits per heavy atom. The van der Waals surface area contributed by atoms with Crippen LogP contribution in [0.15, 0.2) is 28.6 Å². The molecule has 0 bridgehead atoms. The van der Waals surface area contributed by atoms with Gasteiger partial charge in [-0.3, -0.25) is 15.0 Å². The monoisotopic (exact) mass is 408 g/mol. The van der Waals surface area contributed by atoms with Crippen molar-refractivity contribution in [3.63, 3.8) is 0 Å². The largest absolute Gasteiger partial charge is 0.488 e. The first-order chi connectivity index (χ1) is 12.7. The summed E-state index contributed by atoms with van der Waals surface area (Å²) in [6.07, 6.45) is 0. The van der Waals surface area contributed by atoms with Crippen molar-refractivity contribution in [3.05, 3.63) is 29.8 Å². The molecule has 0 saturated heterocycles. The van der Waals surface area contributed by atoms with Crippen LogP contribution in [0, 0.1) is 0 Å². The van der Waals surface area contributed by atoms with Crippen molar-refractivity contribution in [1.82, 2.24) is 15.1 Å². The van der Waals surface area contributed by atoms with Gasteiger partial charge in [0.05, 0.1) is 5.37 Å². The molecule has 1 unspecified atom stereocenters. The highest BCUT2D eigenvalue weighted by molar-refractivity contribution is 8.01. The number of nitrogens with zero attached hydrogens (tertiary/aromatic N) is 3. The van der Waals surface area contributed by atoms with Gasteiger partial charge in [0, 0.05) is 5.56 Å². The number of ether oxygens (including phenoxy) is 1.